The highest BCUT2D eigenvalue weighted by Gasteiger charge is 2.33. The van der Waals surface area contributed by atoms with Crippen LogP contribution in [0.3, 0.4) is 0 Å². The lowest BCUT2D eigenvalue weighted by atomic mass is 9.95. The molecule has 1 aliphatic rings. The molecule has 4 nitrogen and oxygen atoms in total. The van der Waals surface area contributed by atoms with Gasteiger partial charge in [0.1, 0.15) is 5.60 Å². The maximum Gasteiger partial charge on any atom is 0.410 e. The molecule has 1 aromatic heterocycles. The molecule has 2 heterocycles. The molecular weight excluding hydrogens is 320 g/mol. The predicted octanol–water partition coefficient (Wildman–Crippen LogP) is 3.79. The molecule has 0 bridgehead atoms. The molecule has 1 amide bonds. The van der Waals surface area contributed by atoms with Crippen LogP contribution in [-0.4, -0.2) is 42.8 Å². The molecule has 0 radical (unpaired) electrons. The van der Waals surface area contributed by atoms with Gasteiger partial charge in [-0.2, -0.15) is 0 Å². The zero-order chi connectivity index (χ0) is 16.3. The summed E-state index contributed by atoms with van der Waals surface area (Å²) in [7, 11) is 1.98. The van der Waals surface area contributed by atoms with Crippen molar-refractivity contribution in [2.24, 2.45) is 5.92 Å². The highest BCUT2D eigenvalue weighted by atomic mass is 35.5. The lowest BCUT2D eigenvalue weighted by Crippen LogP contribution is -2.39. The molecule has 1 aromatic rings. The summed E-state index contributed by atoms with van der Waals surface area (Å²) in [6, 6.07) is 4.37. The molecule has 1 aliphatic heterocycles. The van der Waals surface area contributed by atoms with Gasteiger partial charge in [-0.25, -0.2) is 4.79 Å². The van der Waals surface area contributed by atoms with E-state index >= 15 is 0 Å². The second-order valence-electron chi connectivity index (χ2n) is 6.78. The van der Waals surface area contributed by atoms with E-state index in [1.807, 2.05) is 38.8 Å². The van der Waals surface area contributed by atoms with E-state index in [0.29, 0.717) is 12.0 Å². The monoisotopic (exact) mass is 344 g/mol. The first-order valence-electron chi connectivity index (χ1n) is 7.68. The molecular formula is C16H25ClN2O2S. The van der Waals surface area contributed by atoms with Gasteiger partial charge in [-0.15, -0.1) is 11.3 Å². The molecule has 6 heteroatoms. The smallest absolute Gasteiger partial charge is 0.410 e. The van der Waals surface area contributed by atoms with Crippen LogP contribution in [0.2, 0.25) is 4.34 Å². The van der Waals surface area contributed by atoms with Crippen LogP contribution >= 0.6 is 22.9 Å². The van der Waals surface area contributed by atoms with Crippen LogP contribution in [0.4, 0.5) is 4.79 Å². The van der Waals surface area contributed by atoms with E-state index in [9.17, 15) is 4.79 Å². The average Bonchev–Trinajstić information content (AvgIpc) is 3.03. The van der Waals surface area contributed by atoms with Crippen molar-refractivity contribution in [3.8, 4) is 0 Å². The van der Waals surface area contributed by atoms with Crippen molar-refractivity contribution in [2.45, 2.75) is 45.3 Å². The number of amides is 1. The van der Waals surface area contributed by atoms with Crippen molar-refractivity contribution in [3.05, 3.63) is 21.3 Å². The molecule has 0 saturated carbocycles. The number of ether oxygens (including phenoxy) is 1. The van der Waals surface area contributed by atoms with Crippen molar-refractivity contribution in [2.75, 3.05) is 20.1 Å². The quantitative estimate of drug-likeness (QED) is 0.903. The van der Waals surface area contributed by atoms with E-state index in [1.165, 1.54) is 4.88 Å². The third-order valence-corrected chi connectivity index (χ3v) is 5.12. The molecule has 0 aliphatic carbocycles. The number of halogens is 1. The zero-order valence-electron chi connectivity index (χ0n) is 13.7. The van der Waals surface area contributed by atoms with Gasteiger partial charge in [0, 0.05) is 24.0 Å². The van der Waals surface area contributed by atoms with E-state index in [4.69, 9.17) is 16.3 Å². The summed E-state index contributed by atoms with van der Waals surface area (Å²) in [5.74, 6) is 0.443. The number of nitrogens with zero attached hydrogens (tertiary/aromatic N) is 1. The summed E-state index contributed by atoms with van der Waals surface area (Å²) < 4.78 is 6.28. The largest absolute Gasteiger partial charge is 0.444 e. The number of likely N-dealkylation sites (N-methyl/N-ethyl adjacent to an activating group) is 1. The minimum absolute atomic E-state index is 0.205. The molecule has 2 unspecified atom stereocenters. The highest BCUT2D eigenvalue weighted by molar-refractivity contribution is 7.16. The number of hydrogen-bond donors (Lipinski definition) is 1. The summed E-state index contributed by atoms with van der Waals surface area (Å²) in [4.78, 5) is 15.2. The molecule has 1 fully saturated rings. The third kappa shape index (κ3) is 4.86. The normalized spacial score (nSPS) is 20.2. The summed E-state index contributed by atoms with van der Waals surface area (Å²) in [6.45, 7) is 7.21. The Morgan fingerprint density at radius 2 is 2.27 bits per heavy atom. The van der Waals surface area contributed by atoms with Gasteiger partial charge in [0.25, 0.3) is 0 Å². The standard InChI is InChI=1S/C16H25ClN2O2S/c1-16(2,3)21-15(20)19-8-7-11(10-19)13(18-4)9-12-5-6-14(17)22-12/h5-6,11,13,18H,7-10H2,1-4H3. The Kier molecular flexibility index (Phi) is 5.75. The van der Waals surface area contributed by atoms with Gasteiger partial charge in [-0.05, 0) is 58.7 Å². The number of likely N-dealkylation sites (tertiary alicyclic amines) is 1. The molecule has 0 spiro atoms. The first-order chi connectivity index (χ1) is 10.3. The lowest BCUT2D eigenvalue weighted by molar-refractivity contribution is 0.0285. The van der Waals surface area contributed by atoms with Crippen molar-refractivity contribution < 1.29 is 9.53 Å². The number of hydrogen-bond acceptors (Lipinski definition) is 4. The molecule has 2 atom stereocenters. The number of nitrogens with one attached hydrogen (secondary N) is 1. The van der Waals surface area contributed by atoms with Crippen LogP contribution in [0.1, 0.15) is 32.1 Å². The fourth-order valence-electron chi connectivity index (χ4n) is 2.79. The van der Waals surface area contributed by atoms with Gasteiger partial charge >= 0.3 is 6.09 Å². The molecule has 1 N–H and O–H groups in total. The van der Waals surface area contributed by atoms with Crippen molar-refractivity contribution >= 4 is 29.0 Å². The summed E-state index contributed by atoms with van der Waals surface area (Å²) in [6.07, 6.45) is 1.74. The van der Waals surface area contributed by atoms with Gasteiger partial charge < -0.3 is 15.0 Å². The predicted molar refractivity (Wildman–Crippen MR) is 91.8 cm³/mol. The Bertz CT molecular complexity index is 512. The number of rotatable bonds is 4. The van der Waals surface area contributed by atoms with Gasteiger partial charge in [0.2, 0.25) is 0 Å². The summed E-state index contributed by atoms with van der Waals surface area (Å²) in [5, 5.41) is 3.39. The van der Waals surface area contributed by atoms with E-state index in [2.05, 4.69) is 11.4 Å². The van der Waals surface area contributed by atoms with E-state index in [-0.39, 0.29) is 6.09 Å². The van der Waals surface area contributed by atoms with Gasteiger partial charge in [0.15, 0.2) is 0 Å². The second kappa shape index (κ2) is 7.20. The van der Waals surface area contributed by atoms with Crippen LogP contribution in [0.5, 0.6) is 0 Å². The zero-order valence-corrected chi connectivity index (χ0v) is 15.3. The van der Waals surface area contributed by atoms with Crippen molar-refractivity contribution in [1.29, 1.82) is 0 Å². The number of thiophene rings is 1. The maximum atomic E-state index is 12.1. The SMILES string of the molecule is CNC(Cc1ccc(Cl)s1)C1CCN(C(=O)OC(C)(C)C)C1. The van der Waals surface area contributed by atoms with Crippen LogP contribution in [0.25, 0.3) is 0 Å². The number of carbonyl (C=O) groups is 1. The van der Waals surface area contributed by atoms with Gasteiger partial charge in [-0.1, -0.05) is 11.6 Å². The molecule has 1 saturated heterocycles. The Hall–Kier alpha value is -0.780. The van der Waals surface area contributed by atoms with Crippen LogP contribution in [-0.2, 0) is 11.2 Å². The van der Waals surface area contributed by atoms with Gasteiger partial charge in [-0.3, -0.25) is 0 Å². The topological polar surface area (TPSA) is 41.6 Å². The van der Waals surface area contributed by atoms with E-state index in [0.717, 1.165) is 30.3 Å². The van der Waals surface area contributed by atoms with Gasteiger partial charge in [0.05, 0.1) is 4.34 Å². The van der Waals surface area contributed by atoms with Crippen molar-refractivity contribution in [3.63, 3.8) is 0 Å². The van der Waals surface area contributed by atoms with Crippen LogP contribution in [0.15, 0.2) is 12.1 Å². The van der Waals surface area contributed by atoms with E-state index < -0.39 is 5.60 Å². The maximum absolute atomic E-state index is 12.1. The highest BCUT2D eigenvalue weighted by Crippen LogP contribution is 2.27. The second-order valence-corrected chi connectivity index (χ2v) is 8.58. The Balaban J connectivity index is 1.91. The Labute approximate surface area is 141 Å². The number of carbonyl (C=O) groups excluding carboxylic acids is 1. The van der Waals surface area contributed by atoms with Crippen LogP contribution in [0, 0.1) is 5.92 Å². The first-order valence-corrected chi connectivity index (χ1v) is 8.87. The third-order valence-electron chi connectivity index (χ3n) is 3.87. The van der Waals surface area contributed by atoms with Crippen LogP contribution < -0.4 is 5.32 Å². The first kappa shape index (κ1) is 17.6. The summed E-state index contributed by atoms with van der Waals surface area (Å²) >= 11 is 7.63. The summed E-state index contributed by atoms with van der Waals surface area (Å²) in [5.41, 5.74) is -0.439. The Morgan fingerprint density at radius 1 is 1.55 bits per heavy atom. The fraction of sp³-hybridized carbons (Fsp3) is 0.688. The molecule has 22 heavy (non-hydrogen) atoms. The minimum atomic E-state index is -0.439. The molecule has 0 aromatic carbocycles. The molecule has 124 valence electrons. The minimum Gasteiger partial charge on any atom is -0.444 e. The Morgan fingerprint density at radius 3 is 2.82 bits per heavy atom. The fourth-order valence-corrected chi connectivity index (χ4v) is 3.94. The lowest BCUT2D eigenvalue weighted by Gasteiger charge is -2.26. The van der Waals surface area contributed by atoms with Crippen molar-refractivity contribution in [1.82, 2.24) is 10.2 Å². The average molecular weight is 345 g/mol. The molecule has 2 rings (SSSR count). The van der Waals surface area contributed by atoms with E-state index in [1.54, 1.807) is 11.3 Å².